The summed E-state index contributed by atoms with van der Waals surface area (Å²) < 4.78 is 52.3. The van der Waals surface area contributed by atoms with E-state index in [-0.39, 0.29) is 12.2 Å². The summed E-state index contributed by atoms with van der Waals surface area (Å²) in [7, 11) is -16.5. The van der Waals surface area contributed by atoms with Crippen LogP contribution in [0.2, 0.25) is 0 Å². The summed E-state index contributed by atoms with van der Waals surface area (Å²) in [5, 5.41) is 10.1. The van der Waals surface area contributed by atoms with Crippen molar-refractivity contribution in [3.8, 4) is 0 Å². The van der Waals surface area contributed by atoms with Crippen LogP contribution in [0.3, 0.4) is 0 Å². The monoisotopic (exact) mass is 491 g/mol. The van der Waals surface area contributed by atoms with E-state index in [1.807, 2.05) is 0 Å². The Labute approximate surface area is 166 Å². The van der Waals surface area contributed by atoms with Crippen molar-refractivity contribution in [2.75, 3.05) is 12.3 Å². The maximum absolute atomic E-state index is 11.8. The van der Waals surface area contributed by atoms with Gasteiger partial charge in [-0.25, -0.2) is 28.6 Å². The first-order valence-electron chi connectivity index (χ1n) is 7.81. The molecular weight excluding hydrogens is 475 g/mol. The highest BCUT2D eigenvalue weighted by Crippen LogP contribution is 2.66. The van der Waals surface area contributed by atoms with Crippen molar-refractivity contribution < 1.29 is 56.3 Å². The van der Waals surface area contributed by atoms with Crippen molar-refractivity contribution in [2.24, 2.45) is 0 Å². The third-order valence-electron chi connectivity index (χ3n) is 3.72. The van der Waals surface area contributed by atoms with Gasteiger partial charge in [0, 0.05) is 6.42 Å². The molecule has 1 aliphatic rings. The van der Waals surface area contributed by atoms with Gasteiger partial charge in [0.1, 0.15) is 24.2 Å². The number of hydrogen-bond acceptors (Lipinski definition) is 12. The number of phosphoric ester groups is 1. The molecule has 7 N–H and O–H groups in total. The smallest absolute Gasteiger partial charge is 0.390 e. The van der Waals surface area contributed by atoms with Crippen LogP contribution in [0, 0.1) is 0 Å². The third-order valence-corrected chi connectivity index (χ3v) is 7.52. The van der Waals surface area contributed by atoms with Crippen LogP contribution in [0.15, 0.2) is 12.7 Å². The number of nitrogens with two attached hydrogens (primary N) is 1. The van der Waals surface area contributed by atoms with Gasteiger partial charge in [-0.05, 0) is 0 Å². The van der Waals surface area contributed by atoms with Gasteiger partial charge in [0.15, 0.2) is 11.5 Å². The maximum atomic E-state index is 11.8. The summed E-state index contributed by atoms with van der Waals surface area (Å²) in [6.45, 7) is -0.787. The van der Waals surface area contributed by atoms with Crippen LogP contribution in [0.4, 0.5) is 5.82 Å². The molecule has 20 heteroatoms. The second kappa shape index (κ2) is 8.31. The minimum Gasteiger partial charge on any atom is -0.390 e. The molecule has 0 spiro atoms. The number of rotatable bonds is 8. The fourth-order valence-electron chi connectivity index (χ4n) is 2.59. The van der Waals surface area contributed by atoms with Gasteiger partial charge in [-0.15, -0.1) is 0 Å². The molecule has 0 aliphatic carbocycles. The number of aliphatic hydroxyl groups is 1. The first kappa shape index (κ1) is 23.3. The first-order chi connectivity index (χ1) is 13.8. The van der Waals surface area contributed by atoms with Crippen LogP contribution in [-0.2, 0) is 31.6 Å². The molecule has 2 aromatic rings. The zero-order valence-electron chi connectivity index (χ0n) is 14.6. The molecule has 2 aromatic heterocycles. The molecule has 1 saturated heterocycles. The Morgan fingerprint density at radius 1 is 1.13 bits per heavy atom. The fraction of sp³-hybridized carbons (Fsp3) is 0.500. The van der Waals surface area contributed by atoms with E-state index in [0.717, 1.165) is 0 Å². The summed E-state index contributed by atoms with van der Waals surface area (Å²) in [4.78, 5) is 47.4. The van der Waals surface area contributed by atoms with Gasteiger partial charge in [0.2, 0.25) is 0 Å². The van der Waals surface area contributed by atoms with E-state index in [2.05, 4.69) is 28.1 Å². The van der Waals surface area contributed by atoms with Crippen molar-refractivity contribution in [1.29, 1.82) is 0 Å². The first-order valence-corrected chi connectivity index (χ1v) is 12.3. The number of hydrogen-bond donors (Lipinski definition) is 6. The van der Waals surface area contributed by atoms with Crippen molar-refractivity contribution in [2.45, 2.75) is 24.9 Å². The highest BCUT2D eigenvalue weighted by atomic mass is 31.3. The number of nitrogen functional groups attached to an aromatic ring is 1. The van der Waals surface area contributed by atoms with Gasteiger partial charge in [-0.1, -0.05) is 0 Å². The number of aromatic nitrogens is 4. The molecule has 1 fully saturated rings. The number of aliphatic hydroxyl groups excluding tert-OH is 1. The zero-order valence-corrected chi connectivity index (χ0v) is 17.3. The lowest BCUT2D eigenvalue weighted by Crippen LogP contribution is -2.26. The number of anilines is 1. The van der Waals surface area contributed by atoms with Crippen molar-refractivity contribution >= 4 is 40.4 Å². The summed E-state index contributed by atoms with van der Waals surface area (Å²) in [6.07, 6.45) is -0.643. The predicted octanol–water partition coefficient (Wildman–Crippen LogP) is -0.600. The highest BCUT2D eigenvalue weighted by Gasteiger charge is 2.43. The van der Waals surface area contributed by atoms with Gasteiger partial charge < -0.3 is 35.2 Å². The lowest BCUT2D eigenvalue weighted by atomic mass is 10.2. The topological polar surface area (TPSA) is 259 Å². The number of nitrogens with zero attached hydrogens (tertiary/aromatic N) is 4. The zero-order chi connectivity index (χ0) is 22.3. The fourth-order valence-corrected chi connectivity index (χ4v) is 5.62. The Hall–Kier alpha value is -1.32. The molecule has 3 rings (SSSR count). The SMILES string of the molecule is Nc1ncnc2c1ncn2[C@H]1C[C@@H](O)[C@@H](COP(=O)(O)OP(=O)(O)OP(=O)(O)O)O1. The number of fused-ring (bicyclic) bond motifs is 1. The minimum absolute atomic E-state index is 0.000206. The summed E-state index contributed by atoms with van der Waals surface area (Å²) in [5.41, 5.74) is 6.31. The van der Waals surface area contributed by atoms with Crippen molar-refractivity contribution in [3.05, 3.63) is 12.7 Å². The largest absolute Gasteiger partial charge is 0.490 e. The molecule has 2 unspecified atom stereocenters. The molecule has 0 aromatic carbocycles. The summed E-state index contributed by atoms with van der Waals surface area (Å²) in [5.74, 6) is 0.126. The van der Waals surface area contributed by atoms with Crippen molar-refractivity contribution in [3.63, 3.8) is 0 Å². The Balaban J connectivity index is 1.64. The standard InChI is InChI=1S/C10H16N5O12P3/c11-9-8-10(13-3-12-9)15(4-14-8)7-1-5(16)6(25-7)2-24-29(20,21)27-30(22,23)26-28(17,18)19/h3-7,16H,1-2H2,(H,20,21)(H,22,23)(H2,11,12,13)(H2,17,18,19)/t5-,6-,7-/m1/s1. The predicted molar refractivity (Wildman–Crippen MR) is 94.1 cm³/mol. The number of phosphoric acid groups is 3. The molecule has 3 heterocycles. The van der Waals surface area contributed by atoms with Crippen LogP contribution >= 0.6 is 23.5 Å². The molecule has 17 nitrogen and oxygen atoms in total. The lowest BCUT2D eigenvalue weighted by Gasteiger charge is -2.19. The highest BCUT2D eigenvalue weighted by molar-refractivity contribution is 7.66. The minimum atomic E-state index is -5.64. The quantitative estimate of drug-likeness (QED) is 0.252. The molecule has 0 saturated carbocycles. The molecule has 5 atom stereocenters. The van der Waals surface area contributed by atoms with Crippen molar-refractivity contribution in [1.82, 2.24) is 19.5 Å². The van der Waals surface area contributed by atoms with E-state index in [1.54, 1.807) is 0 Å². The average molecular weight is 491 g/mol. The van der Waals surface area contributed by atoms with E-state index >= 15 is 0 Å². The lowest BCUT2D eigenvalue weighted by molar-refractivity contribution is -0.0423. The summed E-state index contributed by atoms with van der Waals surface area (Å²) in [6, 6.07) is 0. The molecular formula is C10H16N5O12P3. The Morgan fingerprint density at radius 2 is 1.83 bits per heavy atom. The molecule has 0 bridgehead atoms. The van der Waals surface area contributed by atoms with Gasteiger partial charge in [0.05, 0.1) is 19.0 Å². The van der Waals surface area contributed by atoms with Gasteiger partial charge >= 0.3 is 23.5 Å². The Kier molecular flexibility index (Phi) is 6.47. The molecule has 168 valence electrons. The van der Waals surface area contributed by atoms with Crippen LogP contribution in [0.25, 0.3) is 11.2 Å². The second-order valence-corrected chi connectivity index (χ2v) is 10.3. The van der Waals surface area contributed by atoms with E-state index in [0.29, 0.717) is 11.2 Å². The molecule has 0 amide bonds. The number of imidazole rings is 1. The molecule has 30 heavy (non-hydrogen) atoms. The van der Waals surface area contributed by atoms with E-state index < -0.39 is 48.5 Å². The second-order valence-electron chi connectivity index (χ2n) is 5.90. The van der Waals surface area contributed by atoms with Crippen LogP contribution in [0.1, 0.15) is 12.6 Å². The van der Waals surface area contributed by atoms with Gasteiger partial charge in [-0.2, -0.15) is 8.62 Å². The van der Waals surface area contributed by atoms with Gasteiger partial charge in [-0.3, -0.25) is 9.09 Å². The number of ether oxygens (including phenoxy) is 1. The Morgan fingerprint density at radius 3 is 2.50 bits per heavy atom. The normalized spacial score (nSPS) is 26.5. The van der Waals surface area contributed by atoms with Gasteiger partial charge in [0.25, 0.3) is 0 Å². The average Bonchev–Trinajstić information content (AvgIpc) is 3.14. The maximum Gasteiger partial charge on any atom is 0.490 e. The molecule has 1 aliphatic heterocycles. The van der Waals surface area contributed by atoms with E-state index in [1.165, 1.54) is 17.2 Å². The summed E-state index contributed by atoms with van der Waals surface area (Å²) >= 11 is 0. The van der Waals surface area contributed by atoms with Crippen LogP contribution in [0.5, 0.6) is 0 Å². The van der Waals surface area contributed by atoms with E-state index in [9.17, 15) is 23.7 Å². The van der Waals surface area contributed by atoms with Crippen LogP contribution in [-0.4, -0.2) is 63.0 Å². The molecule has 0 radical (unpaired) electrons. The third kappa shape index (κ3) is 5.68. The van der Waals surface area contributed by atoms with Crippen LogP contribution < -0.4 is 5.73 Å². The van der Waals surface area contributed by atoms with E-state index in [4.69, 9.17) is 25.2 Å². The Bertz CT molecular complexity index is 1070.